The van der Waals surface area contributed by atoms with E-state index in [-0.39, 0.29) is 74.1 Å². The smallest absolute Gasteiger partial charge is 0.415 e. The predicted octanol–water partition coefficient (Wildman–Crippen LogP) is 8.76. The van der Waals surface area contributed by atoms with Gasteiger partial charge in [-0.3, -0.25) is 20.2 Å². The highest BCUT2D eigenvalue weighted by Crippen LogP contribution is 2.62. The van der Waals surface area contributed by atoms with Gasteiger partial charge in [-0.15, -0.1) is 6.58 Å². The minimum absolute atomic E-state index is 0.00538. The molecule has 0 aromatic heterocycles. The Bertz CT molecular complexity index is 2480. The maximum atomic E-state index is 14.3. The molecular formula is C50H55N5O13. The fourth-order valence-electron chi connectivity index (χ4n) is 9.54. The van der Waals surface area contributed by atoms with Gasteiger partial charge in [0, 0.05) is 69.0 Å². The molecule has 0 spiro atoms. The number of fused-ring (bicyclic) bond motifs is 2. The highest BCUT2D eigenvalue weighted by Gasteiger charge is 2.65. The Morgan fingerprint density at radius 1 is 0.882 bits per heavy atom. The maximum Gasteiger partial charge on any atom is 0.415 e. The van der Waals surface area contributed by atoms with Crippen molar-refractivity contribution in [3.05, 3.63) is 158 Å². The van der Waals surface area contributed by atoms with Gasteiger partial charge in [0.1, 0.15) is 29.9 Å². The van der Waals surface area contributed by atoms with Crippen LogP contribution in [-0.4, -0.2) is 81.6 Å². The monoisotopic (exact) mass is 933 g/mol. The quantitative estimate of drug-likeness (QED) is 0.0307. The van der Waals surface area contributed by atoms with Crippen LogP contribution in [0.5, 0.6) is 17.2 Å². The Labute approximate surface area is 393 Å². The maximum absolute atomic E-state index is 14.3. The topological polar surface area (TPSA) is 235 Å². The van der Waals surface area contributed by atoms with E-state index in [1.165, 1.54) is 41.3 Å². The number of aliphatic hydroxyl groups excluding tert-OH is 2. The van der Waals surface area contributed by atoms with Crippen molar-refractivity contribution >= 4 is 29.3 Å². The molecule has 18 heteroatoms. The van der Waals surface area contributed by atoms with Gasteiger partial charge in [0.2, 0.25) is 5.79 Å². The largest absolute Gasteiger partial charge is 0.459 e. The lowest BCUT2D eigenvalue weighted by Crippen LogP contribution is -2.69. The number of carbonyl (C=O) groups is 2. The highest BCUT2D eigenvalue weighted by molar-refractivity contribution is 6.03. The van der Waals surface area contributed by atoms with Gasteiger partial charge in [0.15, 0.2) is 0 Å². The van der Waals surface area contributed by atoms with E-state index in [0.717, 1.165) is 16.7 Å². The summed E-state index contributed by atoms with van der Waals surface area (Å²) in [5.41, 5.74) is 3.18. The van der Waals surface area contributed by atoms with Crippen LogP contribution in [0.25, 0.3) is 0 Å². The molecule has 1 saturated carbocycles. The molecule has 1 aliphatic heterocycles. The average Bonchev–Trinajstić information content (AvgIpc) is 3.34. The number of nitro benzene ring substituents is 2. The minimum Gasteiger partial charge on any atom is -0.459 e. The number of oxime groups is 1. The van der Waals surface area contributed by atoms with E-state index >= 15 is 0 Å². The molecule has 0 unspecified atom stereocenters. The number of benzene rings is 4. The minimum atomic E-state index is -1.64. The molecule has 2 amide bonds. The molecule has 6 atom stereocenters. The van der Waals surface area contributed by atoms with E-state index in [2.05, 4.69) is 18.0 Å². The molecular weight excluding hydrogens is 879 g/mol. The number of hydrogen-bond acceptors (Lipinski definition) is 14. The zero-order valence-electron chi connectivity index (χ0n) is 37.6. The Hall–Kier alpha value is -7.15. The standard InChI is InChI=1S/C50H55N5O13/c1-3-27-64-50-45(53(2)49(59)67-38-21-19-37(20-22-38)55(62)63)30-43(52-65-32-34-15-17-36(18-16-34)54(60)61)41-28-35(13-7-9-25-56)40(14-8-10-26-57)46(47(41)50)42-29-39(23-24-44(42)68-50)66-48(58)51-31-33-11-5-4-6-12-33/h3-6,11-12,15-24,28-29,35,40,45-47,56-57H,1,7-10,13-14,25-27,30-32H2,2H3,(H,51,58)/t35-,40+,45-,46+,47+,50+/m0/s1. The van der Waals surface area contributed by atoms with Crippen LogP contribution in [0.15, 0.2) is 127 Å². The summed E-state index contributed by atoms with van der Waals surface area (Å²) >= 11 is 0. The number of nitrogens with zero attached hydrogens (tertiary/aromatic N) is 4. The fourth-order valence-corrected chi connectivity index (χ4v) is 9.54. The van der Waals surface area contributed by atoms with Crippen LogP contribution in [-0.2, 0) is 22.7 Å². The molecule has 18 nitrogen and oxygen atoms in total. The number of amides is 2. The number of aliphatic hydroxyl groups is 2. The van der Waals surface area contributed by atoms with Crippen molar-refractivity contribution in [2.45, 2.75) is 75.8 Å². The Balaban J connectivity index is 1.35. The summed E-state index contributed by atoms with van der Waals surface area (Å²) in [4.78, 5) is 56.7. The van der Waals surface area contributed by atoms with E-state index in [9.17, 15) is 40.0 Å². The van der Waals surface area contributed by atoms with Crippen LogP contribution in [0.4, 0.5) is 21.0 Å². The van der Waals surface area contributed by atoms with Crippen LogP contribution < -0.4 is 19.5 Å². The van der Waals surface area contributed by atoms with Gasteiger partial charge in [-0.25, -0.2) is 9.59 Å². The second kappa shape index (κ2) is 22.6. The van der Waals surface area contributed by atoms with Gasteiger partial charge in [0.05, 0.1) is 28.1 Å². The zero-order chi connectivity index (χ0) is 48.2. The van der Waals surface area contributed by atoms with Crippen LogP contribution in [0, 0.1) is 38.0 Å². The molecule has 0 radical (unpaired) electrons. The number of carbonyl (C=O) groups excluding carboxylic acids is 2. The summed E-state index contributed by atoms with van der Waals surface area (Å²) in [7, 11) is 1.54. The van der Waals surface area contributed by atoms with Gasteiger partial charge in [0.25, 0.3) is 11.4 Å². The first-order valence-corrected chi connectivity index (χ1v) is 22.6. The number of allylic oxidation sites excluding steroid dienone is 1. The molecule has 3 N–H and O–H groups in total. The SMILES string of the molecule is C=CCO[C@@]12Oc3ccc(OC(=O)NCc4ccccc4)cc3[C@H]3[C@H](CCCCO)[C@@H](CCCCO)C=C(C(=NOCc4ccc([N+](=O)[O-])cc4)C[C@@H]1N(C)C(=O)Oc1ccc([N+](=O)[O-])cc1)[C@H]32. The number of nitrogens with one attached hydrogen (secondary N) is 1. The van der Waals surface area contributed by atoms with Crippen molar-refractivity contribution in [1.82, 2.24) is 10.2 Å². The van der Waals surface area contributed by atoms with E-state index in [1.54, 1.807) is 43.5 Å². The molecule has 7 rings (SSSR count). The first-order valence-electron chi connectivity index (χ1n) is 22.6. The average molecular weight is 934 g/mol. The molecule has 0 saturated heterocycles. The first kappa shape index (κ1) is 48.8. The number of hydrogen-bond donors (Lipinski definition) is 3. The third-order valence-electron chi connectivity index (χ3n) is 12.7. The van der Waals surface area contributed by atoms with Gasteiger partial charge in [-0.05, 0) is 96.7 Å². The Morgan fingerprint density at radius 2 is 1.54 bits per heavy atom. The lowest BCUT2D eigenvalue weighted by Gasteiger charge is -2.59. The van der Waals surface area contributed by atoms with Gasteiger partial charge in [-0.1, -0.05) is 60.5 Å². The first-order chi connectivity index (χ1) is 33.0. The van der Waals surface area contributed by atoms with E-state index < -0.39 is 45.7 Å². The summed E-state index contributed by atoms with van der Waals surface area (Å²) < 4.78 is 25.8. The van der Waals surface area contributed by atoms with Crippen LogP contribution in [0.2, 0.25) is 0 Å². The van der Waals surface area contributed by atoms with Crippen LogP contribution in [0.1, 0.15) is 67.6 Å². The number of nitro groups is 2. The second-order valence-electron chi connectivity index (χ2n) is 16.9. The van der Waals surface area contributed by atoms with Gasteiger partial charge >= 0.3 is 12.2 Å². The number of unbranched alkanes of at least 4 members (excludes halogenated alkanes) is 2. The van der Waals surface area contributed by atoms with Crippen LogP contribution in [0.3, 0.4) is 0 Å². The molecule has 68 heavy (non-hydrogen) atoms. The summed E-state index contributed by atoms with van der Waals surface area (Å²) in [6.07, 6.45) is 6.12. The predicted molar refractivity (Wildman–Crippen MR) is 249 cm³/mol. The van der Waals surface area contributed by atoms with Crippen molar-refractivity contribution in [1.29, 1.82) is 0 Å². The number of ether oxygens (including phenoxy) is 4. The summed E-state index contributed by atoms with van der Waals surface area (Å²) in [6, 6.07) is 24.6. The summed E-state index contributed by atoms with van der Waals surface area (Å²) in [6.45, 7) is 4.14. The second-order valence-corrected chi connectivity index (χ2v) is 16.9. The van der Waals surface area contributed by atoms with Crippen molar-refractivity contribution in [3.63, 3.8) is 0 Å². The lowest BCUT2D eigenvalue weighted by molar-refractivity contribution is -0.385. The molecule has 1 heterocycles. The third-order valence-corrected chi connectivity index (χ3v) is 12.7. The number of likely N-dealkylation sites (N-methyl/N-ethyl adjacent to an activating group) is 1. The number of rotatable bonds is 21. The summed E-state index contributed by atoms with van der Waals surface area (Å²) in [5, 5.41) is 50.1. The normalized spacial score (nSPS) is 21.8. The van der Waals surface area contributed by atoms with Crippen molar-refractivity contribution in [2.24, 2.45) is 22.9 Å². The molecule has 358 valence electrons. The zero-order valence-corrected chi connectivity index (χ0v) is 37.6. The van der Waals surface area contributed by atoms with E-state index in [1.807, 2.05) is 30.3 Å². The van der Waals surface area contributed by atoms with Gasteiger partial charge < -0.3 is 44.2 Å². The molecule has 4 aromatic carbocycles. The molecule has 2 aliphatic carbocycles. The van der Waals surface area contributed by atoms with Crippen molar-refractivity contribution in [3.8, 4) is 17.2 Å². The summed E-state index contributed by atoms with van der Waals surface area (Å²) in [5.74, 6) is -2.28. The number of non-ortho nitro benzene ring substituents is 2. The third kappa shape index (κ3) is 11.2. The molecule has 4 aromatic rings. The molecule has 0 bridgehead atoms. The van der Waals surface area contributed by atoms with E-state index in [0.29, 0.717) is 55.5 Å². The molecule has 1 fully saturated rings. The Morgan fingerprint density at radius 3 is 2.21 bits per heavy atom. The molecule has 3 aliphatic rings. The highest BCUT2D eigenvalue weighted by atomic mass is 16.7. The fraction of sp³-hybridized carbons (Fsp3) is 0.380. The van der Waals surface area contributed by atoms with Crippen molar-refractivity contribution < 1.29 is 53.4 Å². The van der Waals surface area contributed by atoms with E-state index in [4.69, 9.17) is 28.9 Å². The van der Waals surface area contributed by atoms with Crippen LogP contribution >= 0.6 is 0 Å². The van der Waals surface area contributed by atoms with Crippen molar-refractivity contribution in [2.75, 3.05) is 26.9 Å². The Kier molecular flexibility index (Phi) is 16.2. The lowest BCUT2D eigenvalue weighted by atomic mass is 9.55. The van der Waals surface area contributed by atoms with Gasteiger partial charge in [-0.2, -0.15) is 0 Å².